The van der Waals surface area contributed by atoms with Crippen molar-refractivity contribution in [3.8, 4) is 0 Å². The van der Waals surface area contributed by atoms with Crippen molar-refractivity contribution in [1.82, 2.24) is 0 Å². The van der Waals surface area contributed by atoms with Gasteiger partial charge in [0.1, 0.15) is 6.10 Å². The van der Waals surface area contributed by atoms with E-state index in [1.165, 1.54) is 51.4 Å². The second-order valence-corrected chi connectivity index (χ2v) is 10.3. The molecule has 4 aliphatic rings. The number of ether oxygens (including phenoxy) is 1. The Kier molecular flexibility index (Phi) is 4.77. The van der Waals surface area contributed by atoms with Gasteiger partial charge in [-0.05, 0) is 79.4 Å². The summed E-state index contributed by atoms with van der Waals surface area (Å²) in [4.78, 5) is 11.4. The summed E-state index contributed by atoms with van der Waals surface area (Å²) in [6.45, 7) is 9.09. The highest BCUT2D eigenvalue weighted by molar-refractivity contribution is 5.66. The molecule has 0 N–H and O–H groups in total. The molecule has 0 aromatic heterocycles. The minimum atomic E-state index is -0.116. The highest BCUT2D eigenvalue weighted by atomic mass is 16.5. The largest absolute Gasteiger partial charge is 0.462 e. The molecule has 26 heavy (non-hydrogen) atoms. The average molecular weight is 359 g/mol. The zero-order valence-electron chi connectivity index (χ0n) is 17.4. The van der Waals surface area contributed by atoms with Gasteiger partial charge in [0.25, 0.3) is 0 Å². The first-order valence-corrected chi connectivity index (χ1v) is 11.2. The number of hydrogen-bond donors (Lipinski definition) is 0. The third-order valence-corrected chi connectivity index (χ3v) is 9.22. The molecule has 0 aromatic carbocycles. The van der Waals surface area contributed by atoms with Crippen LogP contribution in [-0.2, 0) is 9.53 Å². The van der Waals surface area contributed by atoms with Crippen LogP contribution in [0.4, 0.5) is 0 Å². The Hall–Kier alpha value is -0.790. The molecule has 0 aromatic rings. The minimum absolute atomic E-state index is 0.116. The summed E-state index contributed by atoms with van der Waals surface area (Å²) >= 11 is 0. The molecule has 146 valence electrons. The van der Waals surface area contributed by atoms with Crippen molar-refractivity contribution in [1.29, 1.82) is 0 Å². The van der Waals surface area contributed by atoms with E-state index in [1.807, 2.05) is 0 Å². The molecule has 0 bridgehead atoms. The van der Waals surface area contributed by atoms with Crippen LogP contribution in [0.25, 0.3) is 0 Å². The van der Waals surface area contributed by atoms with Gasteiger partial charge in [0.15, 0.2) is 0 Å². The third kappa shape index (κ3) is 2.78. The van der Waals surface area contributed by atoms with E-state index in [0.29, 0.717) is 10.8 Å². The predicted molar refractivity (Wildman–Crippen MR) is 106 cm³/mol. The normalized spacial score (nSPS) is 47.4. The first-order chi connectivity index (χ1) is 12.4. The molecule has 0 saturated heterocycles. The number of esters is 1. The van der Waals surface area contributed by atoms with Crippen LogP contribution in [-0.4, -0.2) is 12.1 Å². The van der Waals surface area contributed by atoms with Crippen LogP contribution in [0.1, 0.15) is 91.9 Å². The van der Waals surface area contributed by atoms with E-state index in [2.05, 4.69) is 26.8 Å². The number of allylic oxidation sites excluding steroid dienone is 1. The average Bonchev–Trinajstić information content (AvgIpc) is 2.92. The Balaban J connectivity index is 1.56. The van der Waals surface area contributed by atoms with Crippen LogP contribution in [0, 0.1) is 34.5 Å². The molecule has 4 rings (SSSR count). The van der Waals surface area contributed by atoms with E-state index in [9.17, 15) is 4.79 Å². The molecular formula is C24H38O2. The Morgan fingerprint density at radius 1 is 1.15 bits per heavy atom. The standard InChI is InChI=1S/C24H38O2/c1-5-6-17-8-10-21-20-9-7-18-15-19(26-16(2)25)11-13-24(18,4)22(20)12-14-23(17,21)3/h7,17,19-22H,5-6,8-15H2,1-4H3. The fourth-order valence-electron chi connectivity index (χ4n) is 7.89. The summed E-state index contributed by atoms with van der Waals surface area (Å²) in [5, 5.41) is 0. The van der Waals surface area contributed by atoms with E-state index in [1.54, 1.807) is 12.5 Å². The van der Waals surface area contributed by atoms with E-state index in [0.717, 1.165) is 36.5 Å². The fraction of sp³-hybridized carbons (Fsp3) is 0.875. The number of fused-ring (bicyclic) bond motifs is 5. The van der Waals surface area contributed by atoms with Gasteiger partial charge in [-0.25, -0.2) is 0 Å². The molecule has 7 unspecified atom stereocenters. The second-order valence-electron chi connectivity index (χ2n) is 10.3. The van der Waals surface area contributed by atoms with Crippen LogP contribution in [0.15, 0.2) is 11.6 Å². The molecule has 2 heteroatoms. The van der Waals surface area contributed by atoms with Crippen LogP contribution >= 0.6 is 0 Å². The monoisotopic (exact) mass is 358 g/mol. The van der Waals surface area contributed by atoms with Crippen molar-refractivity contribution >= 4 is 5.97 Å². The molecule has 2 nitrogen and oxygen atoms in total. The molecule has 0 radical (unpaired) electrons. The van der Waals surface area contributed by atoms with Gasteiger partial charge in [0.2, 0.25) is 0 Å². The van der Waals surface area contributed by atoms with Gasteiger partial charge in [0, 0.05) is 13.3 Å². The fourth-order valence-corrected chi connectivity index (χ4v) is 7.89. The third-order valence-electron chi connectivity index (χ3n) is 9.22. The van der Waals surface area contributed by atoms with Crippen molar-refractivity contribution in [2.45, 2.75) is 98.0 Å². The Morgan fingerprint density at radius 3 is 2.69 bits per heavy atom. The van der Waals surface area contributed by atoms with Gasteiger partial charge < -0.3 is 4.74 Å². The van der Waals surface area contributed by atoms with Gasteiger partial charge >= 0.3 is 5.97 Å². The highest BCUT2D eigenvalue weighted by Gasteiger charge is 2.58. The van der Waals surface area contributed by atoms with Crippen molar-refractivity contribution in [3.63, 3.8) is 0 Å². The predicted octanol–water partition coefficient (Wildman–Crippen LogP) is 6.30. The lowest BCUT2D eigenvalue weighted by atomic mass is 9.47. The van der Waals surface area contributed by atoms with Crippen LogP contribution in [0.3, 0.4) is 0 Å². The van der Waals surface area contributed by atoms with Crippen molar-refractivity contribution in [3.05, 3.63) is 11.6 Å². The topological polar surface area (TPSA) is 26.3 Å². The van der Waals surface area contributed by atoms with Gasteiger partial charge in [-0.1, -0.05) is 45.3 Å². The SMILES string of the molecule is CCCC1CCC2C3CC=C4CC(OC(C)=O)CCC4(C)C3CCC12C. The van der Waals surface area contributed by atoms with Gasteiger partial charge in [-0.3, -0.25) is 4.79 Å². The van der Waals surface area contributed by atoms with Crippen molar-refractivity contribution in [2.24, 2.45) is 34.5 Å². The number of carbonyl (C=O) groups is 1. The van der Waals surface area contributed by atoms with E-state index < -0.39 is 0 Å². The summed E-state index contributed by atoms with van der Waals surface area (Å²) in [5.41, 5.74) is 2.58. The first kappa shape index (κ1) is 18.6. The Labute approximate surface area is 160 Å². The maximum atomic E-state index is 11.4. The maximum absolute atomic E-state index is 11.4. The lowest BCUT2D eigenvalue weighted by molar-refractivity contribution is -0.148. The summed E-state index contributed by atoms with van der Waals surface area (Å²) < 4.78 is 5.57. The molecule has 4 aliphatic carbocycles. The van der Waals surface area contributed by atoms with Crippen LogP contribution in [0.2, 0.25) is 0 Å². The molecule has 0 spiro atoms. The van der Waals surface area contributed by atoms with Gasteiger partial charge in [-0.2, -0.15) is 0 Å². The minimum Gasteiger partial charge on any atom is -0.462 e. The van der Waals surface area contributed by atoms with E-state index in [4.69, 9.17) is 4.74 Å². The van der Waals surface area contributed by atoms with Crippen molar-refractivity contribution in [2.75, 3.05) is 0 Å². The maximum Gasteiger partial charge on any atom is 0.302 e. The van der Waals surface area contributed by atoms with Gasteiger partial charge in [-0.15, -0.1) is 0 Å². The molecule has 0 heterocycles. The van der Waals surface area contributed by atoms with Crippen LogP contribution in [0.5, 0.6) is 0 Å². The molecule has 0 amide bonds. The number of rotatable bonds is 3. The van der Waals surface area contributed by atoms with Gasteiger partial charge in [0.05, 0.1) is 0 Å². The Morgan fingerprint density at radius 2 is 1.96 bits per heavy atom. The smallest absolute Gasteiger partial charge is 0.302 e. The Bertz CT molecular complexity index is 593. The lowest BCUT2D eigenvalue weighted by Gasteiger charge is -2.58. The summed E-state index contributed by atoms with van der Waals surface area (Å²) in [6.07, 6.45) is 15.8. The zero-order chi connectivity index (χ0) is 18.5. The lowest BCUT2D eigenvalue weighted by Crippen LogP contribution is -2.50. The number of hydrogen-bond acceptors (Lipinski definition) is 2. The van der Waals surface area contributed by atoms with E-state index in [-0.39, 0.29) is 12.1 Å². The molecule has 7 atom stereocenters. The van der Waals surface area contributed by atoms with Crippen LogP contribution < -0.4 is 0 Å². The quantitative estimate of drug-likeness (QED) is 0.437. The first-order valence-electron chi connectivity index (χ1n) is 11.2. The van der Waals surface area contributed by atoms with Crippen molar-refractivity contribution < 1.29 is 9.53 Å². The summed E-state index contributed by atoms with van der Waals surface area (Å²) in [7, 11) is 0. The highest BCUT2D eigenvalue weighted by Crippen LogP contribution is 2.66. The number of carbonyl (C=O) groups excluding carboxylic acids is 1. The molecular weight excluding hydrogens is 320 g/mol. The second kappa shape index (κ2) is 6.67. The molecule has 0 aliphatic heterocycles. The summed E-state index contributed by atoms with van der Waals surface area (Å²) in [6, 6.07) is 0. The summed E-state index contributed by atoms with van der Waals surface area (Å²) in [5.74, 6) is 3.55. The molecule has 3 saturated carbocycles. The van der Waals surface area contributed by atoms with E-state index >= 15 is 0 Å². The molecule has 3 fully saturated rings. The zero-order valence-corrected chi connectivity index (χ0v) is 17.4.